The van der Waals surface area contributed by atoms with Crippen molar-refractivity contribution in [2.75, 3.05) is 32.1 Å². The van der Waals surface area contributed by atoms with E-state index >= 15 is 0 Å². The predicted molar refractivity (Wildman–Crippen MR) is 121 cm³/mol. The quantitative estimate of drug-likeness (QED) is 0.350. The molecule has 0 fully saturated rings. The third-order valence-corrected chi connectivity index (χ3v) is 5.57. The maximum atomic E-state index is 6.22. The largest absolute Gasteiger partial charge is 1.00 e. The summed E-state index contributed by atoms with van der Waals surface area (Å²) >= 11 is 6.22. The van der Waals surface area contributed by atoms with E-state index in [2.05, 4.69) is 43.1 Å². The second-order valence-electron chi connectivity index (χ2n) is 7.25. The van der Waals surface area contributed by atoms with Crippen LogP contribution in [0.4, 0.5) is 5.69 Å². The van der Waals surface area contributed by atoms with Crippen molar-refractivity contribution in [1.29, 1.82) is 0 Å². The van der Waals surface area contributed by atoms with E-state index in [1.54, 1.807) is 7.11 Å². The molecule has 3 aromatic rings. The van der Waals surface area contributed by atoms with Gasteiger partial charge in [0.2, 0.25) is 0 Å². The Hall–Kier alpha value is -0.114. The van der Waals surface area contributed by atoms with Crippen molar-refractivity contribution in [3.63, 3.8) is 0 Å². The number of ether oxygens (including phenoxy) is 1. The zero-order chi connectivity index (χ0) is 20.1. The molecule has 158 valence electrons. The molecule has 0 aliphatic heterocycles. The van der Waals surface area contributed by atoms with Crippen LogP contribution in [0.2, 0.25) is 5.02 Å². The van der Waals surface area contributed by atoms with Gasteiger partial charge in [0.15, 0.2) is 0 Å². The molecule has 0 aliphatic carbocycles. The predicted octanol–water partition coefficient (Wildman–Crippen LogP) is -0.0196. The molecule has 0 amide bonds. The summed E-state index contributed by atoms with van der Waals surface area (Å²) in [5.41, 5.74) is 2.95. The van der Waals surface area contributed by atoms with Gasteiger partial charge in [-0.15, -0.1) is 0 Å². The monoisotopic (exact) mass is 473 g/mol. The number of rotatable bonds is 9. The molecule has 0 saturated heterocycles. The maximum Gasteiger partial charge on any atom is 1.00 e. The van der Waals surface area contributed by atoms with E-state index in [-0.39, 0.29) is 63.8 Å². The van der Waals surface area contributed by atoms with Crippen LogP contribution in [0.25, 0.3) is 21.8 Å². The standard InChI is InChI=1S/C23H30ClN3O.ClH.K/c1-5-27(6-2)13-7-8-16(3)25-23-19-11-9-17(24)14-22(19)26-21-12-10-18(28-4)15-20(21)23;;/h9-12,14-16H,5-8,13H2,1-4H3,(H,25,26);1H;/q;;+1/p-1. The summed E-state index contributed by atoms with van der Waals surface area (Å²) < 4.78 is 5.45. The molecule has 0 bridgehead atoms. The number of fused-ring (bicyclic) bond motifs is 2. The molecule has 2 aromatic carbocycles. The third kappa shape index (κ3) is 6.94. The van der Waals surface area contributed by atoms with E-state index in [0.29, 0.717) is 11.1 Å². The van der Waals surface area contributed by atoms with E-state index < -0.39 is 0 Å². The Kier molecular flexibility index (Phi) is 12.5. The number of nitrogens with one attached hydrogen (secondary N) is 1. The average molecular weight is 475 g/mol. The van der Waals surface area contributed by atoms with Crippen LogP contribution in [-0.4, -0.2) is 42.7 Å². The fourth-order valence-electron chi connectivity index (χ4n) is 3.66. The van der Waals surface area contributed by atoms with Crippen LogP contribution < -0.4 is 73.8 Å². The number of benzene rings is 2. The SMILES string of the molecule is CCN(CC)CCCC(C)Nc1c2ccc(Cl)cc2nc2ccc(OC)cc12.[Cl-].[K+]. The Bertz CT molecular complexity index is 951. The van der Waals surface area contributed by atoms with Gasteiger partial charge in [0.05, 0.1) is 23.8 Å². The second kappa shape index (κ2) is 13.4. The summed E-state index contributed by atoms with van der Waals surface area (Å²) in [6, 6.07) is 12.3. The molecule has 3 rings (SSSR count). The minimum atomic E-state index is 0. The number of hydrogen-bond acceptors (Lipinski definition) is 4. The number of hydrogen-bond donors (Lipinski definition) is 1. The number of methoxy groups -OCH3 is 1. The van der Waals surface area contributed by atoms with E-state index in [0.717, 1.165) is 59.3 Å². The van der Waals surface area contributed by atoms with Gasteiger partial charge >= 0.3 is 51.4 Å². The molecule has 0 saturated carbocycles. The van der Waals surface area contributed by atoms with Crippen molar-refractivity contribution < 1.29 is 68.5 Å². The van der Waals surface area contributed by atoms with Crippen LogP contribution >= 0.6 is 11.6 Å². The van der Waals surface area contributed by atoms with Gasteiger partial charge in [0.25, 0.3) is 0 Å². The molecule has 4 nitrogen and oxygen atoms in total. The molecule has 0 aliphatic rings. The minimum Gasteiger partial charge on any atom is -1.00 e. The van der Waals surface area contributed by atoms with Crippen molar-refractivity contribution in [2.24, 2.45) is 0 Å². The average Bonchev–Trinajstić information content (AvgIpc) is 2.70. The fraction of sp³-hybridized carbons (Fsp3) is 0.435. The summed E-state index contributed by atoms with van der Waals surface area (Å²) in [4.78, 5) is 7.27. The summed E-state index contributed by atoms with van der Waals surface area (Å²) in [7, 11) is 1.69. The van der Waals surface area contributed by atoms with Crippen LogP contribution in [-0.2, 0) is 0 Å². The number of aromatic nitrogens is 1. The molecule has 1 heterocycles. The zero-order valence-corrected chi connectivity index (χ0v) is 23.3. The normalized spacial score (nSPS) is 11.8. The summed E-state index contributed by atoms with van der Waals surface area (Å²) in [6.07, 6.45) is 2.28. The molecule has 1 atom stereocenters. The van der Waals surface area contributed by atoms with Crippen LogP contribution in [0.5, 0.6) is 5.75 Å². The third-order valence-electron chi connectivity index (χ3n) is 5.34. The van der Waals surface area contributed by atoms with Crippen molar-refractivity contribution in [3.05, 3.63) is 41.4 Å². The number of halogens is 2. The van der Waals surface area contributed by atoms with Crippen LogP contribution in [0.3, 0.4) is 0 Å². The molecule has 1 aromatic heterocycles. The van der Waals surface area contributed by atoms with Crippen molar-refractivity contribution >= 4 is 39.1 Å². The Morgan fingerprint density at radius 1 is 1.07 bits per heavy atom. The Morgan fingerprint density at radius 2 is 1.80 bits per heavy atom. The van der Waals surface area contributed by atoms with Gasteiger partial charge in [-0.3, -0.25) is 0 Å². The van der Waals surface area contributed by atoms with Gasteiger partial charge in [0.1, 0.15) is 5.75 Å². The number of nitrogens with zero attached hydrogens (tertiary/aromatic N) is 2. The Balaban J connectivity index is 0.00000225. The van der Waals surface area contributed by atoms with E-state index in [1.165, 1.54) is 6.42 Å². The summed E-state index contributed by atoms with van der Waals surface area (Å²) in [6.45, 7) is 10.0. The minimum absolute atomic E-state index is 0. The van der Waals surface area contributed by atoms with Crippen LogP contribution in [0.1, 0.15) is 33.6 Å². The molecule has 0 spiro atoms. The molecule has 0 radical (unpaired) electrons. The van der Waals surface area contributed by atoms with Gasteiger partial charge in [-0.2, -0.15) is 0 Å². The fourth-order valence-corrected chi connectivity index (χ4v) is 3.82. The van der Waals surface area contributed by atoms with E-state index in [1.807, 2.05) is 24.3 Å². The molecular weight excluding hydrogens is 444 g/mol. The first-order valence-electron chi connectivity index (χ1n) is 10.1. The van der Waals surface area contributed by atoms with Gasteiger partial charge in [0, 0.05) is 21.8 Å². The van der Waals surface area contributed by atoms with Crippen molar-refractivity contribution in [3.8, 4) is 5.75 Å². The molecule has 1 N–H and O–H groups in total. The smallest absolute Gasteiger partial charge is 1.00 e. The molecule has 30 heavy (non-hydrogen) atoms. The first-order chi connectivity index (χ1) is 13.5. The van der Waals surface area contributed by atoms with Crippen molar-refractivity contribution in [1.82, 2.24) is 9.88 Å². The van der Waals surface area contributed by atoms with E-state index in [9.17, 15) is 0 Å². The Morgan fingerprint density at radius 3 is 2.47 bits per heavy atom. The van der Waals surface area contributed by atoms with Gasteiger partial charge in [-0.25, -0.2) is 4.98 Å². The summed E-state index contributed by atoms with van der Waals surface area (Å²) in [5.74, 6) is 0.833. The van der Waals surface area contributed by atoms with E-state index in [4.69, 9.17) is 21.3 Å². The number of pyridine rings is 1. The molecule has 7 heteroatoms. The number of anilines is 1. The van der Waals surface area contributed by atoms with Crippen molar-refractivity contribution in [2.45, 2.75) is 39.7 Å². The first-order valence-corrected chi connectivity index (χ1v) is 10.5. The van der Waals surface area contributed by atoms with Gasteiger partial charge in [-0.1, -0.05) is 25.4 Å². The molecule has 1 unspecified atom stereocenters. The van der Waals surface area contributed by atoms with Gasteiger partial charge in [-0.05, 0) is 75.8 Å². The molecular formula is C23H30Cl2KN3O. The first kappa shape index (κ1) is 27.9. The Labute approximate surface area is 233 Å². The maximum absolute atomic E-state index is 6.22. The van der Waals surface area contributed by atoms with Gasteiger partial charge < -0.3 is 27.4 Å². The van der Waals surface area contributed by atoms with Crippen LogP contribution in [0.15, 0.2) is 36.4 Å². The summed E-state index contributed by atoms with van der Waals surface area (Å²) in [5, 5.41) is 6.61. The second-order valence-corrected chi connectivity index (χ2v) is 7.68. The zero-order valence-electron chi connectivity index (χ0n) is 18.6. The van der Waals surface area contributed by atoms with Crippen LogP contribution in [0, 0.1) is 0 Å². The topological polar surface area (TPSA) is 37.4 Å².